The van der Waals surface area contributed by atoms with Crippen molar-refractivity contribution in [3.05, 3.63) is 70.4 Å². The van der Waals surface area contributed by atoms with Gasteiger partial charge < -0.3 is 14.4 Å². The highest BCUT2D eigenvalue weighted by molar-refractivity contribution is 6.31. The van der Waals surface area contributed by atoms with Crippen LogP contribution in [0.1, 0.15) is 48.4 Å². The predicted molar refractivity (Wildman–Crippen MR) is 129 cm³/mol. The van der Waals surface area contributed by atoms with Crippen molar-refractivity contribution in [2.45, 2.75) is 44.9 Å². The monoisotopic (exact) mass is 482 g/mol. The van der Waals surface area contributed by atoms with Crippen LogP contribution in [0.5, 0.6) is 0 Å². The van der Waals surface area contributed by atoms with Crippen LogP contribution < -0.4 is 5.32 Å². The highest BCUT2D eigenvalue weighted by atomic mass is 35.5. The van der Waals surface area contributed by atoms with E-state index in [0.717, 1.165) is 29.5 Å². The molecule has 2 N–H and O–H groups in total. The fraction of sp³-hybridized carbons (Fsp3) is 0.346. The summed E-state index contributed by atoms with van der Waals surface area (Å²) in [7, 11) is 0. The summed E-state index contributed by atoms with van der Waals surface area (Å²) in [6.07, 6.45) is 2.94. The molecule has 0 radical (unpaired) electrons. The van der Waals surface area contributed by atoms with Crippen LogP contribution in [-0.4, -0.2) is 28.9 Å². The van der Waals surface area contributed by atoms with Gasteiger partial charge in [0.25, 0.3) is 0 Å². The second kappa shape index (κ2) is 10.7. The van der Waals surface area contributed by atoms with Crippen LogP contribution in [0.4, 0.5) is 10.5 Å². The van der Waals surface area contributed by atoms with Crippen LogP contribution in [0, 0.1) is 12.8 Å². The Kier molecular flexibility index (Phi) is 7.53. The maximum atomic E-state index is 12.4. The highest BCUT2D eigenvalue weighted by Crippen LogP contribution is 2.38. The molecule has 3 aromatic rings. The Morgan fingerprint density at radius 2 is 1.91 bits per heavy atom. The summed E-state index contributed by atoms with van der Waals surface area (Å²) < 4.78 is 10.9. The number of aryl methyl sites for hydroxylation is 1. The number of carboxylic acid groups (broad SMARTS) is 1. The van der Waals surface area contributed by atoms with Gasteiger partial charge >= 0.3 is 12.1 Å². The Bertz CT molecular complexity index is 1170. The first-order chi connectivity index (χ1) is 16.4. The summed E-state index contributed by atoms with van der Waals surface area (Å²) in [6, 6.07) is 15.4. The summed E-state index contributed by atoms with van der Waals surface area (Å²) in [5.41, 5.74) is 3.85. The number of carboxylic acids is 1. The zero-order valence-electron chi connectivity index (χ0n) is 18.9. The minimum atomic E-state index is -0.709. The van der Waals surface area contributed by atoms with Gasteiger partial charge in [0.1, 0.15) is 11.4 Å². The Morgan fingerprint density at radius 3 is 2.65 bits per heavy atom. The van der Waals surface area contributed by atoms with Crippen molar-refractivity contribution in [2.24, 2.45) is 5.92 Å². The maximum Gasteiger partial charge on any atom is 0.411 e. The number of aliphatic carboxylic acids is 1. The molecule has 8 heteroatoms. The fourth-order valence-corrected chi connectivity index (χ4v) is 4.64. The first kappa shape index (κ1) is 23.8. The minimum absolute atomic E-state index is 0.184. The number of carbonyl (C=O) groups excluding carboxylic acids is 1. The Balaban J connectivity index is 1.41. The van der Waals surface area contributed by atoms with Crippen LogP contribution >= 0.6 is 11.6 Å². The lowest BCUT2D eigenvalue weighted by atomic mass is 9.78. The first-order valence-electron chi connectivity index (χ1n) is 11.4. The molecule has 1 amide bonds. The van der Waals surface area contributed by atoms with Crippen molar-refractivity contribution >= 4 is 29.4 Å². The van der Waals surface area contributed by atoms with E-state index in [4.69, 9.17) is 20.9 Å². The minimum Gasteiger partial charge on any atom is -0.481 e. The number of amides is 1. The van der Waals surface area contributed by atoms with Gasteiger partial charge in [0, 0.05) is 17.0 Å². The van der Waals surface area contributed by atoms with E-state index in [-0.39, 0.29) is 12.5 Å². The molecule has 1 aliphatic carbocycles. The molecular weight excluding hydrogens is 456 g/mol. The molecule has 2 aromatic carbocycles. The molecule has 0 aliphatic heterocycles. The van der Waals surface area contributed by atoms with Gasteiger partial charge in [0.05, 0.1) is 12.5 Å². The Morgan fingerprint density at radius 1 is 1.15 bits per heavy atom. The largest absolute Gasteiger partial charge is 0.481 e. The molecule has 1 saturated carbocycles. The summed E-state index contributed by atoms with van der Waals surface area (Å²) in [5.74, 6) is -0.206. The van der Waals surface area contributed by atoms with Crippen LogP contribution in [0.2, 0.25) is 5.02 Å². The van der Waals surface area contributed by atoms with E-state index in [1.807, 2.05) is 36.4 Å². The molecule has 34 heavy (non-hydrogen) atoms. The number of nitrogens with zero attached hydrogens (tertiary/aromatic N) is 1. The molecule has 1 aliphatic rings. The SMILES string of the molecule is Cc1noc(-c2cccc(C3CCC(C(=O)O)CC3)c2)c1NC(=O)OCCc1ccccc1Cl. The number of hydrogen-bond acceptors (Lipinski definition) is 5. The summed E-state index contributed by atoms with van der Waals surface area (Å²) in [4.78, 5) is 23.7. The lowest BCUT2D eigenvalue weighted by molar-refractivity contribution is -0.142. The molecule has 1 aromatic heterocycles. The van der Waals surface area contributed by atoms with E-state index < -0.39 is 12.1 Å². The second-order valence-electron chi connectivity index (χ2n) is 8.59. The van der Waals surface area contributed by atoms with E-state index in [1.54, 1.807) is 13.0 Å². The number of rotatable bonds is 7. The molecule has 0 spiro atoms. The average Bonchev–Trinajstić information content (AvgIpc) is 3.20. The normalized spacial score (nSPS) is 17.8. The quantitative estimate of drug-likeness (QED) is 0.401. The van der Waals surface area contributed by atoms with Crippen molar-refractivity contribution < 1.29 is 24.0 Å². The molecule has 0 unspecified atom stereocenters. The zero-order chi connectivity index (χ0) is 24.1. The van der Waals surface area contributed by atoms with Gasteiger partial charge in [-0.05, 0) is 61.8 Å². The van der Waals surface area contributed by atoms with Gasteiger partial charge in [0.2, 0.25) is 0 Å². The van der Waals surface area contributed by atoms with Crippen molar-refractivity contribution in [3.63, 3.8) is 0 Å². The van der Waals surface area contributed by atoms with Crippen LogP contribution in [0.15, 0.2) is 53.1 Å². The zero-order valence-corrected chi connectivity index (χ0v) is 19.7. The summed E-state index contributed by atoms with van der Waals surface area (Å²) >= 11 is 6.15. The molecule has 0 atom stereocenters. The van der Waals surface area contributed by atoms with Gasteiger partial charge in [0.15, 0.2) is 5.76 Å². The van der Waals surface area contributed by atoms with Crippen LogP contribution in [0.25, 0.3) is 11.3 Å². The van der Waals surface area contributed by atoms with E-state index in [0.29, 0.717) is 47.3 Å². The van der Waals surface area contributed by atoms with Crippen molar-refractivity contribution in [1.82, 2.24) is 5.16 Å². The molecule has 7 nitrogen and oxygen atoms in total. The summed E-state index contributed by atoms with van der Waals surface area (Å²) in [6.45, 7) is 1.94. The van der Waals surface area contributed by atoms with Crippen molar-refractivity contribution in [2.75, 3.05) is 11.9 Å². The van der Waals surface area contributed by atoms with Crippen molar-refractivity contribution in [1.29, 1.82) is 0 Å². The molecule has 0 saturated heterocycles. The third-order valence-electron chi connectivity index (χ3n) is 6.35. The maximum absolute atomic E-state index is 12.4. The molecule has 1 heterocycles. The summed E-state index contributed by atoms with van der Waals surface area (Å²) in [5, 5.41) is 16.7. The third kappa shape index (κ3) is 5.59. The highest BCUT2D eigenvalue weighted by Gasteiger charge is 2.27. The Hall–Kier alpha value is -3.32. The van der Waals surface area contributed by atoms with E-state index in [1.165, 1.54) is 0 Å². The number of nitrogens with one attached hydrogen (secondary N) is 1. The van der Waals surface area contributed by atoms with E-state index >= 15 is 0 Å². The standard InChI is InChI=1S/C26H27ClN2O5/c1-16-23(28-26(32)33-14-13-18-5-2-3-8-22(18)27)24(34-29-16)21-7-4-6-20(15-21)17-9-11-19(12-10-17)25(30)31/h2-8,15,17,19H,9-14H2,1H3,(H,28,32)(H,30,31). The Labute approximate surface area is 203 Å². The lowest BCUT2D eigenvalue weighted by Gasteiger charge is -2.26. The predicted octanol–water partition coefficient (Wildman–Crippen LogP) is 6.45. The fourth-order valence-electron chi connectivity index (χ4n) is 4.41. The number of carbonyl (C=O) groups is 2. The van der Waals surface area contributed by atoms with Gasteiger partial charge in [-0.15, -0.1) is 0 Å². The number of benzene rings is 2. The van der Waals surface area contributed by atoms with Gasteiger partial charge in [-0.3, -0.25) is 10.1 Å². The van der Waals surface area contributed by atoms with Gasteiger partial charge in [-0.2, -0.15) is 0 Å². The van der Waals surface area contributed by atoms with Gasteiger partial charge in [-0.1, -0.05) is 53.2 Å². The number of halogens is 1. The second-order valence-corrected chi connectivity index (χ2v) is 8.99. The molecule has 178 valence electrons. The first-order valence-corrected chi connectivity index (χ1v) is 11.8. The smallest absolute Gasteiger partial charge is 0.411 e. The van der Waals surface area contributed by atoms with Crippen LogP contribution in [0.3, 0.4) is 0 Å². The molecular formula is C26H27ClN2O5. The number of anilines is 1. The number of aromatic nitrogens is 1. The van der Waals surface area contributed by atoms with Crippen LogP contribution in [-0.2, 0) is 16.0 Å². The molecule has 4 rings (SSSR count). The number of hydrogen-bond donors (Lipinski definition) is 2. The van der Waals surface area contributed by atoms with E-state index in [9.17, 15) is 14.7 Å². The average molecular weight is 483 g/mol. The third-order valence-corrected chi connectivity index (χ3v) is 6.72. The number of ether oxygens (including phenoxy) is 1. The van der Waals surface area contributed by atoms with E-state index in [2.05, 4.69) is 16.5 Å². The topological polar surface area (TPSA) is 102 Å². The molecule has 1 fully saturated rings. The van der Waals surface area contributed by atoms with Crippen molar-refractivity contribution in [3.8, 4) is 11.3 Å². The lowest BCUT2D eigenvalue weighted by Crippen LogP contribution is -2.20. The molecule has 0 bridgehead atoms. The van der Waals surface area contributed by atoms with Gasteiger partial charge in [-0.25, -0.2) is 4.79 Å².